The molecule has 0 aliphatic carbocycles. The van der Waals surface area contributed by atoms with Crippen molar-refractivity contribution >= 4 is 13.7 Å². The third-order valence-electron chi connectivity index (χ3n) is 16.8. The maximum Gasteiger partial charge on any atom is 0.268 e. The third-order valence-corrected chi connectivity index (χ3v) is 17.8. The highest BCUT2D eigenvalue weighted by molar-refractivity contribution is 7.45. The Kier molecular flexibility index (Phi) is 66.2. The maximum absolute atomic E-state index is 13.1. The van der Waals surface area contributed by atoms with E-state index in [9.17, 15) is 19.4 Å². The van der Waals surface area contributed by atoms with Crippen molar-refractivity contribution in [1.82, 2.24) is 5.32 Å². The van der Waals surface area contributed by atoms with Crippen LogP contribution in [0.5, 0.6) is 0 Å². The summed E-state index contributed by atoms with van der Waals surface area (Å²) < 4.78 is 23.5. The van der Waals surface area contributed by atoms with E-state index < -0.39 is 26.6 Å². The summed E-state index contributed by atoms with van der Waals surface area (Å²) >= 11 is 0. The average Bonchev–Trinajstić information content (AvgIpc) is 3.70. The van der Waals surface area contributed by atoms with Crippen molar-refractivity contribution in [3.63, 3.8) is 0 Å². The zero-order valence-corrected chi connectivity index (χ0v) is 59.1. The highest BCUT2D eigenvalue weighted by Gasteiger charge is 2.23. The number of phosphoric ester groups is 1. The summed E-state index contributed by atoms with van der Waals surface area (Å²) in [5.74, 6) is -0.207. The summed E-state index contributed by atoms with van der Waals surface area (Å²) in [6.07, 6.45) is 97.4. The van der Waals surface area contributed by atoms with Crippen LogP contribution in [0, 0.1) is 0 Å². The van der Waals surface area contributed by atoms with Gasteiger partial charge in [0.15, 0.2) is 0 Å². The summed E-state index contributed by atoms with van der Waals surface area (Å²) in [5.41, 5.74) is 0. The number of nitrogens with zero attached hydrogens (tertiary/aromatic N) is 1. The fourth-order valence-corrected chi connectivity index (χ4v) is 11.8. The normalized spacial score (nSPS) is 14.1. The van der Waals surface area contributed by atoms with E-state index in [0.29, 0.717) is 17.4 Å². The van der Waals surface area contributed by atoms with Gasteiger partial charge in [0.25, 0.3) is 7.82 Å². The molecule has 3 atom stereocenters. The first-order chi connectivity index (χ1) is 42.5. The summed E-state index contributed by atoms with van der Waals surface area (Å²) in [6.45, 7) is 4.55. The van der Waals surface area contributed by atoms with Crippen molar-refractivity contribution in [3.8, 4) is 0 Å². The van der Waals surface area contributed by atoms with Gasteiger partial charge in [0.1, 0.15) is 13.2 Å². The molecule has 0 bridgehead atoms. The van der Waals surface area contributed by atoms with Gasteiger partial charge < -0.3 is 28.8 Å². The molecule has 8 nitrogen and oxygen atoms in total. The van der Waals surface area contributed by atoms with Crippen molar-refractivity contribution in [1.29, 1.82) is 0 Å². The number of aliphatic hydroxyl groups is 1. The number of amides is 1. The topological polar surface area (TPSA) is 108 Å². The molecule has 0 fully saturated rings. The van der Waals surface area contributed by atoms with E-state index in [-0.39, 0.29) is 12.5 Å². The van der Waals surface area contributed by atoms with Gasteiger partial charge in [0, 0.05) is 6.42 Å². The van der Waals surface area contributed by atoms with Crippen LogP contribution in [0.25, 0.3) is 0 Å². The highest BCUT2D eigenvalue weighted by atomic mass is 31.2. The van der Waals surface area contributed by atoms with Crippen LogP contribution in [-0.4, -0.2) is 68.5 Å². The number of aliphatic hydroxyl groups excluding tert-OH is 1. The van der Waals surface area contributed by atoms with Crippen LogP contribution >= 0.6 is 7.82 Å². The molecule has 3 unspecified atom stereocenters. The second-order valence-electron chi connectivity index (χ2n) is 26.6. The number of carbonyl (C=O) groups is 1. The number of unbranched alkanes of at least 4 members (excludes halogenated alkanes) is 44. The standard InChI is InChI=1S/C78H145N2O6P/c1-6-8-10-12-14-16-18-20-22-24-26-28-30-32-34-36-38-39-40-41-42-44-46-48-50-52-54-56-58-60-62-64-66-68-70-72-78(82)79-76(75-86-87(83,84)85-74-73-80(3,4)5)77(81)71-69-67-65-63-61-59-57-55-53-51-49-47-45-43-37-35-33-31-29-27-25-23-21-19-17-15-13-11-9-7-2/h8,10,14,16,20,22,26,28,53,55,61,63,69,71,76-77,81H,6-7,9,11-13,15,17-19,21,23-25,27,29-52,54,56-60,62,64-68,70,72-75H2,1-5H3,(H-,79,82,83,84)/b10-8-,16-14-,22-20-,28-26-,55-53+,63-61+,71-69+. The molecule has 508 valence electrons. The van der Waals surface area contributed by atoms with Gasteiger partial charge in [-0.05, 0) is 83.5 Å². The van der Waals surface area contributed by atoms with Crippen molar-refractivity contribution in [2.45, 2.75) is 366 Å². The maximum atomic E-state index is 13.1. The van der Waals surface area contributed by atoms with Gasteiger partial charge in [-0.1, -0.05) is 349 Å². The van der Waals surface area contributed by atoms with E-state index in [1.807, 2.05) is 27.2 Å². The first kappa shape index (κ1) is 84.7. The second kappa shape index (κ2) is 68.1. The first-order valence-electron chi connectivity index (χ1n) is 37.4. The lowest BCUT2D eigenvalue weighted by Crippen LogP contribution is -2.45. The van der Waals surface area contributed by atoms with Crippen LogP contribution < -0.4 is 10.2 Å². The molecule has 1 amide bonds. The Labute approximate surface area is 541 Å². The quantitative estimate of drug-likeness (QED) is 0.0272. The Morgan fingerprint density at radius 2 is 0.713 bits per heavy atom. The molecule has 2 N–H and O–H groups in total. The highest BCUT2D eigenvalue weighted by Crippen LogP contribution is 2.38. The monoisotopic (exact) mass is 1240 g/mol. The van der Waals surface area contributed by atoms with Crippen LogP contribution in [0.2, 0.25) is 0 Å². The lowest BCUT2D eigenvalue weighted by molar-refractivity contribution is -0.870. The molecule has 0 spiro atoms. The first-order valence-corrected chi connectivity index (χ1v) is 38.9. The van der Waals surface area contributed by atoms with Crippen molar-refractivity contribution in [3.05, 3.63) is 85.1 Å². The summed E-state index contributed by atoms with van der Waals surface area (Å²) in [5, 5.41) is 14.0. The molecule has 0 aliphatic heterocycles. The minimum absolute atomic E-state index is 0.00980. The van der Waals surface area contributed by atoms with Crippen LogP contribution in [-0.2, 0) is 18.4 Å². The molecule has 87 heavy (non-hydrogen) atoms. The molecule has 0 aromatic heterocycles. The summed E-state index contributed by atoms with van der Waals surface area (Å²) in [4.78, 5) is 25.7. The van der Waals surface area contributed by atoms with Gasteiger partial charge in [-0.2, -0.15) is 0 Å². The zero-order chi connectivity index (χ0) is 63.4. The lowest BCUT2D eigenvalue weighted by atomic mass is 10.0. The molecule has 0 aromatic carbocycles. The number of phosphoric acid groups is 1. The number of hydrogen-bond acceptors (Lipinski definition) is 6. The Balaban J connectivity index is 4.05. The molecule has 0 saturated carbocycles. The van der Waals surface area contributed by atoms with Crippen molar-refractivity contribution in [2.75, 3.05) is 40.9 Å². The number of carbonyl (C=O) groups excluding carboxylic acids is 1. The minimum Gasteiger partial charge on any atom is -0.756 e. The number of nitrogens with one attached hydrogen (secondary N) is 1. The van der Waals surface area contributed by atoms with Gasteiger partial charge in [-0.3, -0.25) is 9.36 Å². The fraction of sp³-hybridized carbons (Fsp3) is 0.808. The van der Waals surface area contributed by atoms with E-state index in [0.717, 1.165) is 70.6 Å². The SMILES string of the molecule is CC/C=C\C/C=C\C/C=C\C/C=C\CCCCCCCCCCCCCCCCCCCCCCCCC(=O)NC(COP(=O)([O-])OCC[N+](C)(C)C)C(O)/C=C/CC/C=C/CC/C=C/CCCCCCCCCCCCCCCCCCCCCC. The predicted molar refractivity (Wildman–Crippen MR) is 380 cm³/mol. The van der Waals surface area contributed by atoms with E-state index in [1.165, 1.54) is 263 Å². The number of likely N-dealkylation sites (N-methyl/N-ethyl adjacent to an activating group) is 1. The van der Waals surface area contributed by atoms with Crippen molar-refractivity contribution in [2.24, 2.45) is 0 Å². The van der Waals surface area contributed by atoms with Gasteiger partial charge >= 0.3 is 0 Å². The average molecular weight is 1240 g/mol. The summed E-state index contributed by atoms with van der Waals surface area (Å²) in [6, 6.07) is -0.914. The molecule has 0 heterocycles. The van der Waals surface area contributed by atoms with E-state index in [1.54, 1.807) is 6.08 Å². The fourth-order valence-electron chi connectivity index (χ4n) is 11.1. The Morgan fingerprint density at radius 3 is 1.07 bits per heavy atom. The van der Waals surface area contributed by atoms with E-state index in [4.69, 9.17) is 9.05 Å². The smallest absolute Gasteiger partial charge is 0.268 e. The minimum atomic E-state index is -4.62. The van der Waals surface area contributed by atoms with Gasteiger partial charge in [0.05, 0.1) is 39.9 Å². The molecule has 0 aromatic rings. The Morgan fingerprint density at radius 1 is 0.414 bits per heavy atom. The zero-order valence-electron chi connectivity index (χ0n) is 58.2. The van der Waals surface area contributed by atoms with Gasteiger partial charge in [-0.15, -0.1) is 0 Å². The predicted octanol–water partition coefficient (Wildman–Crippen LogP) is 23.6. The molecular formula is C78H145N2O6P. The number of hydrogen-bond donors (Lipinski definition) is 2. The molecule has 0 saturated heterocycles. The Hall–Kier alpha value is -2.32. The lowest BCUT2D eigenvalue weighted by Gasteiger charge is -2.29. The molecule has 9 heteroatoms. The van der Waals surface area contributed by atoms with E-state index in [2.05, 4.69) is 92.1 Å². The van der Waals surface area contributed by atoms with Crippen LogP contribution in [0.4, 0.5) is 0 Å². The van der Waals surface area contributed by atoms with Crippen LogP contribution in [0.1, 0.15) is 354 Å². The molecule has 0 aliphatic rings. The number of rotatable bonds is 69. The largest absolute Gasteiger partial charge is 0.756 e. The van der Waals surface area contributed by atoms with Crippen LogP contribution in [0.15, 0.2) is 85.1 Å². The number of allylic oxidation sites excluding steroid dienone is 13. The van der Waals surface area contributed by atoms with Crippen LogP contribution in [0.3, 0.4) is 0 Å². The van der Waals surface area contributed by atoms with E-state index >= 15 is 0 Å². The Bertz CT molecular complexity index is 1700. The molecular weight excluding hydrogens is 1090 g/mol. The molecule has 0 rings (SSSR count). The molecule has 0 radical (unpaired) electrons. The van der Waals surface area contributed by atoms with Gasteiger partial charge in [0.2, 0.25) is 5.91 Å². The van der Waals surface area contributed by atoms with Crippen molar-refractivity contribution < 1.29 is 32.9 Å². The second-order valence-corrected chi connectivity index (χ2v) is 28.0. The number of quaternary nitrogens is 1. The van der Waals surface area contributed by atoms with Gasteiger partial charge in [-0.25, -0.2) is 0 Å². The summed E-state index contributed by atoms with van der Waals surface area (Å²) in [7, 11) is 1.24. The third kappa shape index (κ3) is 71.0.